The van der Waals surface area contributed by atoms with E-state index in [1.807, 2.05) is 24.3 Å². The number of urea groups is 1. The lowest BCUT2D eigenvalue weighted by Crippen LogP contribution is -2.51. The molecule has 0 radical (unpaired) electrons. The Hall–Kier alpha value is -4.60. The molecule has 0 aliphatic carbocycles. The molecule has 1 aliphatic heterocycles. The van der Waals surface area contributed by atoms with Gasteiger partial charge in [-0.1, -0.05) is 18.2 Å². The molecule has 2 N–H and O–H groups in total. The van der Waals surface area contributed by atoms with Crippen LogP contribution in [0.2, 0.25) is 0 Å². The van der Waals surface area contributed by atoms with Gasteiger partial charge < -0.3 is 20.2 Å². The molecule has 1 aromatic heterocycles. The predicted octanol–water partition coefficient (Wildman–Crippen LogP) is 5.62. The molecule has 5 rings (SSSR count). The number of carbonyl (C=O) groups is 2. The normalized spacial score (nSPS) is 14.0. The number of piperazine rings is 1. The Morgan fingerprint density at radius 3 is 2.13 bits per heavy atom. The number of pyridine rings is 1. The Morgan fingerprint density at radius 2 is 1.47 bits per heavy atom. The van der Waals surface area contributed by atoms with E-state index in [4.69, 9.17) is 0 Å². The Kier molecular flexibility index (Phi) is 6.62. The first kappa shape index (κ1) is 25.1. The molecule has 3 aromatic carbocycles. The molecule has 1 fully saturated rings. The highest BCUT2D eigenvalue weighted by Crippen LogP contribution is 2.30. The number of phenols is 1. The number of aromatic nitrogens is 1. The van der Waals surface area contributed by atoms with E-state index in [2.05, 4.69) is 10.3 Å². The van der Waals surface area contributed by atoms with Gasteiger partial charge in [-0.15, -0.1) is 0 Å². The van der Waals surface area contributed by atoms with Crippen molar-refractivity contribution in [1.82, 2.24) is 14.8 Å². The van der Waals surface area contributed by atoms with Crippen LogP contribution in [0, 0.1) is 0 Å². The van der Waals surface area contributed by atoms with E-state index in [-0.39, 0.29) is 30.4 Å². The number of aromatic hydroxyl groups is 1. The minimum absolute atomic E-state index is 0.131. The standard InChI is InChI=1S/C28H23F3N4O3/c29-28(30,31)19-7-9-20(10-8-19)32-27(38)35-15-13-34(14-16-35)26(37)23-17-25(18-5-11-21(36)12-6-18)33-24-4-2-1-3-22(23)24/h1-12,17,36H,13-16H2,(H,32,38). The number of rotatable bonds is 3. The molecule has 0 bridgehead atoms. The van der Waals surface area contributed by atoms with Crippen molar-refractivity contribution in [1.29, 1.82) is 0 Å². The average Bonchev–Trinajstić information content (AvgIpc) is 2.92. The van der Waals surface area contributed by atoms with Crippen LogP contribution in [0.1, 0.15) is 15.9 Å². The van der Waals surface area contributed by atoms with Crippen LogP contribution in [-0.4, -0.2) is 58.0 Å². The minimum Gasteiger partial charge on any atom is -0.508 e. The fourth-order valence-electron chi connectivity index (χ4n) is 4.36. The number of nitrogens with zero attached hydrogens (tertiary/aromatic N) is 3. The van der Waals surface area contributed by atoms with Gasteiger partial charge in [0.2, 0.25) is 0 Å². The maximum absolute atomic E-state index is 13.6. The van der Waals surface area contributed by atoms with Crippen molar-refractivity contribution in [3.8, 4) is 17.0 Å². The molecule has 0 saturated carbocycles. The van der Waals surface area contributed by atoms with Crippen LogP contribution < -0.4 is 5.32 Å². The lowest BCUT2D eigenvalue weighted by Gasteiger charge is -2.35. The molecule has 3 amide bonds. The van der Waals surface area contributed by atoms with Crippen molar-refractivity contribution in [2.75, 3.05) is 31.5 Å². The van der Waals surface area contributed by atoms with Gasteiger partial charge in [0.25, 0.3) is 5.91 Å². The minimum atomic E-state index is -4.45. The van der Waals surface area contributed by atoms with Gasteiger partial charge in [0.05, 0.1) is 22.3 Å². The largest absolute Gasteiger partial charge is 0.508 e. The molecule has 38 heavy (non-hydrogen) atoms. The molecule has 7 nitrogen and oxygen atoms in total. The zero-order chi connectivity index (χ0) is 26.9. The van der Waals surface area contributed by atoms with E-state index in [0.717, 1.165) is 17.7 Å². The van der Waals surface area contributed by atoms with Crippen LogP contribution >= 0.6 is 0 Å². The monoisotopic (exact) mass is 520 g/mol. The summed E-state index contributed by atoms with van der Waals surface area (Å²) in [7, 11) is 0. The summed E-state index contributed by atoms with van der Waals surface area (Å²) in [5.41, 5.74) is 1.97. The number of fused-ring (bicyclic) bond motifs is 1. The number of carbonyl (C=O) groups excluding carboxylic acids is 2. The Labute approximate surface area is 216 Å². The molecule has 0 spiro atoms. The van der Waals surface area contributed by atoms with Crippen LogP contribution in [0.25, 0.3) is 22.2 Å². The SMILES string of the molecule is O=C(Nc1ccc(C(F)(F)F)cc1)N1CCN(C(=O)c2cc(-c3ccc(O)cc3)nc3ccccc23)CC1. The molecule has 1 aliphatic rings. The van der Waals surface area contributed by atoms with Crippen molar-refractivity contribution in [3.05, 3.63) is 90.0 Å². The van der Waals surface area contributed by atoms with Crippen molar-refractivity contribution < 1.29 is 27.9 Å². The zero-order valence-electron chi connectivity index (χ0n) is 20.1. The van der Waals surface area contributed by atoms with Crippen LogP contribution in [0.15, 0.2) is 78.9 Å². The molecule has 194 valence electrons. The zero-order valence-corrected chi connectivity index (χ0v) is 20.1. The van der Waals surface area contributed by atoms with E-state index < -0.39 is 17.8 Å². The summed E-state index contributed by atoms with van der Waals surface area (Å²) < 4.78 is 38.3. The highest BCUT2D eigenvalue weighted by atomic mass is 19.4. The number of amides is 3. The first-order chi connectivity index (χ1) is 18.2. The number of hydrogen-bond donors (Lipinski definition) is 2. The lowest BCUT2D eigenvalue weighted by molar-refractivity contribution is -0.137. The van der Waals surface area contributed by atoms with E-state index in [9.17, 15) is 27.9 Å². The summed E-state index contributed by atoms with van der Waals surface area (Å²) in [6.07, 6.45) is -4.45. The summed E-state index contributed by atoms with van der Waals surface area (Å²) in [4.78, 5) is 34.1. The highest BCUT2D eigenvalue weighted by Gasteiger charge is 2.30. The molecule has 1 saturated heterocycles. The second-order valence-electron chi connectivity index (χ2n) is 8.90. The summed E-state index contributed by atoms with van der Waals surface area (Å²) in [6, 6.07) is 19.5. The van der Waals surface area contributed by atoms with Gasteiger partial charge >= 0.3 is 12.2 Å². The number of halogens is 3. The maximum atomic E-state index is 13.6. The molecular formula is C28H23F3N4O3. The Balaban J connectivity index is 1.29. The van der Waals surface area contributed by atoms with E-state index in [1.54, 1.807) is 35.2 Å². The topological polar surface area (TPSA) is 85.8 Å². The number of anilines is 1. The van der Waals surface area contributed by atoms with Gasteiger partial charge in [-0.05, 0) is 60.7 Å². The van der Waals surface area contributed by atoms with Gasteiger partial charge in [0, 0.05) is 42.8 Å². The number of para-hydroxylation sites is 1. The number of hydrogen-bond acceptors (Lipinski definition) is 4. The lowest BCUT2D eigenvalue weighted by atomic mass is 10.0. The number of phenolic OH excluding ortho intramolecular Hbond substituents is 1. The Bertz CT molecular complexity index is 1480. The first-order valence-electron chi connectivity index (χ1n) is 11.9. The van der Waals surface area contributed by atoms with Gasteiger partial charge in [0.1, 0.15) is 5.75 Å². The quantitative estimate of drug-likeness (QED) is 0.368. The van der Waals surface area contributed by atoms with E-state index >= 15 is 0 Å². The smallest absolute Gasteiger partial charge is 0.416 e. The maximum Gasteiger partial charge on any atom is 0.416 e. The molecule has 4 aromatic rings. The second-order valence-corrected chi connectivity index (χ2v) is 8.90. The third-order valence-corrected chi connectivity index (χ3v) is 6.43. The fourth-order valence-corrected chi connectivity index (χ4v) is 4.36. The predicted molar refractivity (Wildman–Crippen MR) is 137 cm³/mol. The summed E-state index contributed by atoms with van der Waals surface area (Å²) >= 11 is 0. The van der Waals surface area contributed by atoms with Crippen molar-refractivity contribution in [2.24, 2.45) is 0 Å². The molecule has 2 heterocycles. The van der Waals surface area contributed by atoms with Crippen LogP contribution in [0.3, 0.4) is 0 Å². The fraction of sp³-hybridized carbons (Fsp3) is 0.179. The van der Waals surface area contributed by atoms with E-state index in [0.29, 0.717) is 35.2 Å². The van der Waals surface area contributed by atoms with Crippen LogP contribution in [0.4, 0.5) is 23.7 Å². The molecule has 10 heteroatoms. The third kappa shape index (κ3) is 5.24. The number of alkyl halides is 3. The van der Waals surface area contributed by atoms with Crippen molar-refractivity contribution >= 4 is 28.5 Å². The van der Waals surface area contributed by atoms with Gasteiger partial charge in [-0.2, -0.15) is 13.2 Å². The summed E-state index contributed by atoms with van der Waals surface area (Å²) in [5, 5.41) is 12.9. The van der Waals surface area contributed by atoms with Gasteiger partial charge in [-0.3, -0.25) is 4.79 Å². The average molecular weight is 521 g/mol. The second kappa shape index (κ2) is 10.0. The first-order valence-corrected chi connectivity index (χ1v) is 11.9. The third-order valence-electron chi connectivity index (χ3n) is 6.43. The van der Waals surface area contributed by atoms with Crippen LogP contribution in [-0.2, 0) is 6.18 Å². The van der Waals surface area contributed by atoms with Crippen LogP contribution in [0.5, 0.6) is 5.75 Å². The number of benzene rings is 3. The van der Waals surface area contributed by atoms with Gasteiger partial charge in [-0.25, -0.2) is 9.78 Å². The Morgan fingerprint density at radius 1 is 0.842 bits per heavy atom. The van der Waals surface area contributed by atoms with Crippen molar-refractivity contribution in [3.63, 3.8) is 0 Å². The van der Waals surface area contributed by atoms with Crippen molar-refractivity contribution in [2.45, 2.75) is 6.18 Å². The summed E-state index contributed by atoms with van der Waals surface area (Å²) in [5.74, 6) is -0.0579. The highest BCUT2D eigenvalue weighted by molar-refractivity contribution is 6.07. The molecular weight excluding hydrogens is 497 g/mol. The summed E-state index contributed by atoms with van der Waals surface area (Å²) in [6.45, 7) is 1.13. The van der Waals surface area contributed by atoms with E-state index in [1.165, 1.54) is 17.0 Å². The molecule has 0 atom stereocenters. The van der Waals surface area contributed by atoms with Gasteiger partial charge in [0.15, 0.2) is 0 Å². The molecule has 0 unspecified atom stereocenters. The number of nitrogens with one attached hydrogen (secondary N) is 1.